The summed E-state index contributed by atoms with van der Waals surface area (Å²) in [5.74, 6) is 0. The van der Waals surface area contributed by atoms with Crippen LogP contribution in [-0.2, 0) is 0 Å². The molecule has 0 saturated heterocycles. The molecule has 0 saturated carbocycles. The monoisotopic (exact) mass is 648 g/mol. The van der Waals surface area contributed by atoms with E-state index in [2.05, 4.69) is 207 Å². The minimum absolute atomic E-state index is 1.04. The molecule has 1 aliphatic carbocycles. The van der Waals surface area contributed by atoms with Crippen molar-refractivity contribution in [2.45, 2.75) is 40.5 Å². The van der Waals surface area contributed by atoms with Crippen molar-refractivity contribution in [3.05, 3.63) is 197 Å². The van der Waals surface area contributed by atoms with E-state index in [1.54, 1.807) is 0 Å². The van der Waals surface area contributed by atoms with Gasteiger partial charge in [0.15, 0.2) is 0 Å². The molecule has 0 atom stereocenters. The van der Waals surface area contributed by atoms with E-state index in [1.807, 2.05) is 0 Å². The van der Waals surface area contributed by atoms with Gasteiger partial charge in [0.1, 0.15) is 0 Å². The molecule has 50 heavy (non-hydrogen) atoms. The molecule has 0 N–H and O–H groups in total. The molecular weight excluding hydrogens is 605 g/mol. The number of hydrogen-bond acceptors (Lipinski definition) is 2. The molecule has 0 amide bonds. The fourth-order valence-electron chi connectivity index (χ4n) is 6.44. The Morgan fingerprint density at radius 3 is 1.10 bits per heavy atom. The molecule has 6 aromatic rings. The summed E-state index contributed by atoms with van der Waals surface area (Å²) in [6, 6.07) is 52.9. The van der Waals surface area contributed by atoms with Gasteiger partial charge in [-0.2, -0.15) is 0 Å². The van der Waals surface area contributed by atoms with E-state index in [0.717, 1.165) is 29.9 Å². The van der Waals surface area contributed by atoms with Crippen LogP contribution in [0.5, 0.6) is 0 Å². The Kier molecular flexibility index (Phi) is 9.62. The van der Waals surface area contributed by atoms with Crippen LogP contribution in [0.1, 0.15) is 47.6 Å². The van der Waals surface area contributed by atoms with E-state index in [0.29, 0.717) is 0 Å². The predicted molar refractivity (Wildman–Crippen MR) is 216 cm³/mol. The van der Waals surface area contributed by atoms with Crippen LogP contribution in [0.4, 0.5) is 28.4 Å². The molecule has 1 aliphatic rings. The lowest BCUT2D eigenvalue weighted by molar-refractivity contribution is 0.874. The van der Waals surface area contributed by atoms with Crippen molar-refractivity contribution in [3.63, 3.8) is 0 Å². The fraction of sp³-hybridized carbons (Fsp3) is 0.125. The molecule has 0 aromatic heterocycles. The fourth-order valence-corrected chi connectivity index (χ4v) is 6.44. The molecule has 0 heterocycles. The number of anilines is 5. The van der Waals surface area contributed by atoms with Crippen molar-refractivity contribution in [1.82, 2.24) is 0 Å². The van der Waals surface area contributed by atoms with Crippen LogP contribution in [0, 0.1) is 20.8 Å². The standard InChI is InChI=1S/C48H44N2/c1-35-5-23-43(24-6-35)49(44-25-7-36(2)8-26-44)47-31-17-40(18-32-47)14-13-39-15-19-41(20-16-39)42-21-33-48(34-22-42)50(45-27-9-37(3)10-28-45)46-29-11-38(4)12-30-46/h5-7,9-25,27-34H,8,26H2,1-4H3/b14-13+. The summed E-state index contributed by atoms with van der Waals surface area (Å²) < 4.78 is 0. The second-order valence-corrected chi connectivity index (χ2v) is 13.4. The first kappa shape index (κ1) is 32.7. The normalized spacial score (nSPS) is 12.8. The lowest BCUT2D eigenvalue weighted by Crippen LogP contribution is -2.17. The van der Waals surface area contributed by atoms with Gasteiger partial charge < -0.3 is 9.80 Å². The van der Waals surface area contributed by atoms with Crippen molar-refractivity contribution >= 4 is 40.6 Å². The molecule has 6 aromatic carbocycles. The smallest absolute Gasteiger partial charge is 0.0462 e. The van der Waals surface area contributed by atoms with Gasteiger partial charge in [-0.15, -0.1) is 0 Å². The van der Waals surface area contributed by atoms with Gasteiger partial charge in [-0.25, -0.2) is 0 Å². The zero-order valence-corrected chi connectivity index (χ0v) is 29.5. The Hall–Kier alpha value is -5.86. The third kappa shape index (κ3) is 7.56. The van der Waals surface area contributed by atoms with E-state index < -0.39 is 0 Å². The van der Waals surface area contributed by atoms with Gasteiger partial charge in [0, 0.05) is 34.1 Å². The molecule has 246 valence electrons. The molecule has 0 unspecified atom stereocenters. The van der Waals surface area contributed by atoms with Crippen LogP contribution in [0.3, 0.4) is 0 Å². The lowest BCUT2D eigenvalue weighted by Gasteiger charge is -2.29. The van der Waals surface area contributed by atoms with Gasteiger partial charge in [0.05, 0.1) is 0 Å². The minimum atomic E-state index is 1.04. The van der Waals surface area contributed by atoms with Crippen molar-refractivity contribution in [3.8, 4) is 11.1 Å². The van der Waals surface area contributed by atoms with Gasteiger partial charge in [0.2, 0.25) is 0 Å². The van der Waals surface area contributed by atoms with E-state index in [1.165, 1.54) is 61.6 Å². The summed E-state index contributed by atoms with van der Waals surface area (Å²) >= 11 is 0. The molecule has 0 aliphatic heterocycles. The first-order valence-corrected chi connectivity index (χ1v) is 17.5. The zero-order chi connectivity index (χ0) is 34.5. The SMILES string of the molecule is CC1=CC=C(N(c2ccc(C)cc2)c2ccc(/C=C/c3ccc(-c4ccc(N(c5ccc(C)cc5)c5ccc(C)cc5)cc4)cc3)cc2)CC1. The largest absolute Gasteiger partial charge is 0.314 e. The Morgan fingerprint density at radius 2 is 0.700 bits per heavy atom. The van der Waals surface area contributed by atoms with Crippen molar-refractivity contribution in [1.29, 1.82) is 0 Å². The topological polar surface area (TPSA) is 6.48 Å². The van der Waals surface area contributed by atoms with Crippen LogP contribution in [-0.4, -0.2) is 0 Å². The first-order chi connectivity index (χ1) is 24.4. The van der Waals surface area contributed by atoms with Gasteiger partial charge in [-0.05, 0) is 130 Å². The Balaban J connectivity index is 1.06. The van der Waals surface area contributed by atoms with Crippen LogP contribution < -0.4 is 9.80 Å². The van der Waals surface area contributed by atoms with Crippen LogP contribution in [0.25, 0.3) is 23.3 Å². The summed E-state index contributed by atoms with van der Waals surface area (Å²) in [6.07, 6.45) is 11.1. The highest BCUT2D eigenvalue weighted by Gasteiger charge is 2.17. The van der Waals surface area contributed by atoms with Crippen LogP contribution in [0.2, 0.25) is 0 Å². The van der Waals surface area contributed by atoms with Crippen LogP contribution >= 0.6 is 0 Å². The maximum atomic E-state index is 2.39. The molecule has 0 fully saturated rings. The van der Waals surface area contributed by atoms with E-state index in [-0.39, 0.29) is 0 Å². The summed E-state index contributed by atoms with van der Waals surface area (Å²) in [6.45, 7) is 8.61. The summed E-state index contributed by atoms with van der Waals surface area (Å²) in [5.41, 5.74) is 17.1. The van der Waals surface area contributed by atoms with E-state index in [9.17, 15) is 0 Å². The minimum Gasteiger partial charge on any atom is -0.314 e. The van der Waals surface area contributed by atoms with E-state index in [4.69, 9.17) is 0 Å². The average Bonchev–Trinajstić information content (AvgIpc) is 3.15. The van der Waals surface area contributed by atoms with Crippen LogP contribution in [0.15, 0.2) is 169 Å². The number of aryl methyl sites for hydroxylation is 3. The molecular formula is C48H44N2. The third-order valence-electron chi connectivity index (χ3n) is 9.49. The number of benzene rings is 6. The highest BCUT2D eigenvalue weighted by atomic mass is 15.2. The quantitative estimate of drug-likeness (QED) is 0.144. The van der Waals surface area contributed by atoms with Gasteiger partial charge in [-0.1, -0.05) is 125 Å². The lowest BCUT2D eigenvalue weighted by atomic mass is 10.0. The zero-order valence-electron chi connectivity index (χ0n) is 29.5. The molecule has 2 nitrogen and oxygen atoms in total. The van der Waals surface area contributed by atoms with Crippen molar-refractivity contribution in [2.24, 2.45) is 0 Å². The maximum absolute atomic E-state index is 2.39. The van der Waals surface area contributed by atoms with Crippen molar-refractivity contribution in [2.75, 3.05) is 9.80 Å². The molecule has 7 rings (SSSR count). The van der Waals surface area contributed by atoms with Gasteiger partial charge >= 0.3 is 0 Å². The van der Waals surface area contributed by atoms with E-state index >= 15 is 0 Å². The second kappa shape index (κ2) is 14.7. The number of rotatable bonds is 9. The Bertz CT molecular complexity index is 2080. The molecule has 2 heteroatoms. The van der Waals surface area contributed by atoms with Gasteiger partial charge in [-0.3, -0.25) is 0 Å². The highest BCUT2D eigenvalue weighted by molar-refractivity contribution is 5.79. The van der Waals surface area contributed by atoms with Gasteiger partial charge in [0.25, 0.3) is 0 Å². The number of nitrogens with zero attached hydrogens (tertiary/aromatic N) is 2. The third-order valence-corrected chi connectivity index (χ3v) is 9.49. The number of allylic oxidation sites excluding steroid dienone is 4. The summed E-state index contributed by atoms with van der Waals surface area (Å²) in [5, 5.41) is 0. The predicted octanol–water partition coefficient (Wildman–Crippen LogP) is 13.7. The van der Waals surface area contributed by atoms with Crippen molar-refractivity contribution < 1.29 is 0 Å². The molecule has 0 radical (unpaired) electrons. The Morgan fingerprint density at radius 1 is 0.360 bits per heavy atom. The second-order valence-electron chi connectivity index (χ2n) is 13.4. The maximum Gasteiger partial charge on any atom is 0.0462 e. The average molecular weight is 649 g/mol. The molecule has 0 spiro atoms. The first-order valence-electron chi connectivity index (χ1n) is 17.5. The summed E-state index contributed by atoms with van der Waals surface area (Å²) in [4.78, 5) is 4.71. The Labute approximate surface area is 298 Å². The molecule has 0 bridgehead atoms. The summed E-state index contributed by atoms with van der Waals surface area (Å²) in [7, 11) is 0. The highest BCUT2D eigenvalue weighted by Crippen LogP contribution is 2.37. The number of hydrogen-bond donors (Lipinski definition) is 0.